The fraction of sp³-hybridized carbons (Fsp3) is 0.304. The van der Waals surface area contributed by atoms with E-state index >= 15 is 0 Å². The topological polar surface area (TPSA) is 55.8 Å². The molecule has 1 saturated heterocycles. The highest BCUT2D eigenvalue weighted by Crippen LogP contribution is 2.29. The Morgan fingerprint density at radius 1 is 1.14 bits per heavy atom. The first-order valence-electron chi connectivity index (χ1n) is 9.56. The van der Waals surface area contributed by atoms with Gasteiger partial charge in [0.1, 0.15) is 0 Å². The number of hydrogen-bond donors (Lipinski definition) is 0. The molecule has 0 atom stereocenters. The first-order chi connectivity index (χ1) is 13.6. The van der Waals surface area contributed by atoms with Crippen molar-refractivity contribution in [3.63, 3.8) is 0 Å². The SMILES string of the molecule is CCCOc1ccc(/C=C/C(=O)c2ccc(N3CCCC3=O)cc2)cc1OC. The zero-order valence-corrected chi connectivity index (χ0v) is 16.3. The summed E-state index contributed by atoms with van der Waals surface area (Å²) >= 11 is 0. The van der Waals surface area contributed by atoms with Crippen LogP contribution in [0.4, 0.5) is 5.69 Å². The van der Waals surface area contributed by atoms with Crippen molar-refractivity contribution in [2.24, 2.45) is 0 Å². The number of anilines is 1. The molecule has 5 heteroatoms. The van der Waals surface area contributed by atoms with Gasteiger partial charge in [-0.2, -0.15) is 0 Å². The lowest BCUT2D eigenvalue weighted by Crippen LogP contribution is -2.23. The molecule has 2 aromatic carbocycles. The first-order valence-corrected chi connectivity index (χ1v) is 9.56. The van der Waals surface area contributed by atoms with Crippen molar-refractivity contribution in [3.8, 4) is 11.5 Å². The molecule has 1 aliphatic heterocycles. The molecule has 0 N–H and O–H groups in total. The summed E-state index contributed by atoms with van der Waals surface area (Å²) in [6, 6.07) is 12.8. The smallest absolute Gasteiger partial charge is 0.227 e. The third-order valence-corrected chi connectivity index (χ3v) is 4.61. The summed E-state index contributed by atoms with van der Waals surface area (Å²) in [5.41, 5.74) is 2.28. The van der Waals surface area contributed by atoms with Gasteiger partial charge in [0.2, 0.25) is 5.91 Å². The molecule has 0 aliphatic carbocycles. The first kappa shape index (κ1) is 19.7. The molecule has 1 aliphatic rings. The third kappa shape index (κ3) is 4.60. The van der Waals surface area contributed by atoms with Crippen LogP contribution in [0.2, 0.25) is 0 Å². The highest BCUT2D eigenvalue weighted by molar-refractivity contribution is 6.07. The number of benzene rings is 2. The Labute approximate surface area is 165 Å². The zero-order valence-electron chi connectivity index (χ0n) is 16.3. The molecule has 146 valence electrons. The van der Waals surface area contributed by atoms with Crippen molar-refractivity contribution in [2.75, 3.05) is 25.2 Å². The summed E-state index contributed by atoms with van der Waals surface area (Å²) in [4.78, 5) is 26.0. The van der Waals surface area contributed by atoms with Crippen LogP contribution in [-0.4, -0.2) is 32.0 Å². The van der Waals surface area contributed by atoms with E-state index in [0.717, 1.165) is 30.6 Å². The number of rotatable bonds is 8. The van der Waals surface area contributed by atoms with Gasteiger partial charge in [-0.1, -0.05) is 19.1 Å². The van der Waals surface area contributed by atoms with Crippen molar-refractivity contribution < 1.29 is 19.1 Å². The molecule has 28 heavy (non-hydrogen) atoms. The second-order valence-corrected chi connectivity index (χ2v) is 6.65. The van der Waals surface area contributed by atoms with Crippen LogP contribution >= 0.6 is 0 Å². The molecule has 1 fully saturated rings. The predicted molar refractivity (Wildman–Crippen MR) is 110 cm³/mol. The van der Waals surface area contributed by atoms with Crippen molar-refractivity contribution in [2.45, 2.75) is 26.2 Å². The van der Waals surface area contributed by atoms with Gasteiger partial charge in [0, 0.05) is 24.2 Å². The maximum Gasteiger partial charge on any atom is 0.227 e. The number of allylic oxidation sites excluding steroid dienone is 1. The summed E-state index contributed by atoms with van der Waals surface area (Å²) in [5.74, 6) is 1.38. The highest BCUT2D eigenvalue weighted by atomic mass is 16.5. The molecule has 3 rings (SSSR count). The van der Waals surface area contributed by atoms with E-state index in [0.29, 0.717) is 30.1 Å². The number of ketones is 1. The van der Waals surface area contributed by atoms with Gasteiger partial charge in [0.25, 0.3) is 0 Å². The molecule has 0 spiro atoms. The van der Waals surface area contributed by atoms with Gasteiger partial charge in [-0.05, 0) is 60.9 Å². The number of amides is 1. The molecular formula is C23H25NO4. The van der Waals surface area contributed by atoms with Crippen LogP contribution in [0.3, 0.4) is 0 Å². The van der Waals surface area contributed by atoms with Crippen LogP contribution in [-0.2, 0) is 4.79 Å². The van der Waals surface area contributed by atoms with E-state index < -0.39 is 0 Å². The monoisotopic (exact) mass is 379 g/mol. The number of hydrogen-bond acceptors (Lipinski definition) is 4. The average Bonchev–Trinajstić information content (AvgIpc) is 3.16. The van der Waals surface area contributed by atoms with Crippen LogP contribution in [0.5, 0.6) is 11.5 Å². The van der Waals surface area contributed by atoms with Gasteiger partial charge in [-0.15, -0.1) is 0 Å². The maximum atomic E-state index is 12.5. The minimum atomic E-state index is -0.0930. The van der Waals surface area contributed by atoms with Gasteiger partial charge < -0.3 is 14.4 Å². The Balaban J connectivity index is 1.68. The van der Waals surface area contributed by atoms with E-state index in [1.54, 1.807) is 30.2 Å². The molecule has 2 aromatic rings. The Bertz CT molecular complexity index is 871. The van der Waals surface area contributed by atoms with E-state index in [9.17, 15) is 9.59 Å². The number of nitrogens with zero attached hydrogens (tertiary/aromatic N) is 1. The van der Waals surface area contributed by atoms with Crippen LogP contribution in [0.1, 0.15) is 42.1 Å². The average molecular weight is 379 g/mol. The fourth-order valence-electron chi connectivity index (χ4n) is 3.11. The number of carbonyl (C=O) groups excluding carboxylic acids is 2. The normalized spacial score (nSPS) is 13.9. The van der Waals surface area contributed by atoms with Gasteiger partial charge in [-0.25, -0.2) is 0 Å². The van der Waals surface area contributed by atoms with E-state index in [-0.39, 0.29) is 11.7 Å². The maximum absolute atomic E-state index is 12.5. The lowest BCUT2D eigenvalue weighted by atomic mass is 10.1. The van der Waals surface area contributed by atoms with Crippen LogP contribution in [0, 0.1) is 0 Å². The Kier molecular flexibility index (Phi) is 6.48. The van der Waals surface area contributed by atoms with E-state index in [1.807, 2.05) is 37.3 Å². The predicted octanol–water partition coefficient (Wildman–Crippen LogP) is 4.51. The highest BCUT2D eigenvalue weighted by Gasteiger charge is 2.21. The third-order valence-electron chi connectivity index (χ3n) is 4.61. The Hall–Kier alpha value is -3.08. The Morgan fingerprint density at radius 2 is 1.93 bits per heavy atom. The van der Waals surface area contributed by atoms with E-state index in [4.69, 9.17) is 9.47 Å². The Morgan fingerprint density at radius 3 is 2.57 bits per heavy atom. The van der Waals surface area contributed by atoms with E-state index in [1.165, 1.54) is 6.08 Å². The molecule has 1 heterocycles. The van der Waals surface area contributed by atoms with E-state index in [2.05, 4.69) is 0 Å². The van der Waals surface area contributed by atoms with Crippen LogP contribution in [0.25, 0.3) is 6.08 Å². The summed E-state index contributed by atoms with van der Waals surface area (Å²) < 4.78 is 11.0. The largest absolute Gasteiger partial charge is 0.493 e. The van der Waals surface area contributed by atoms with Gasteiger partial charge in [0.05, 0.1) is 13.7 Å². The summed E-state index contributed by atoms with van der Waals surface area (Å²) in [7, 11) is 1.60. The lowest BCUT2D eigenvalue weighted by molar-refractivity contribution is -0.117. The molecule has 0 unspecified atom stereocenters. The molecule has 0 saturated carbocycles. The second kappa shape index (κ2) is 9.22. The number of carbonyl (C=O) groups is 2. The van der Waals surface area contributed by atoms with Gasteiger partial charge in [0.15, 0.2) is 17.3 Å². The quantitative estimate of drug-likeness (QED) is 0.500. The summed E-state index contributed by atoms with van der Waals surface area (Å²) in [6.45, 7) is 3.42. The standard InChI is InChI=1S/C23H25NO4/c1-3-15-28-21-13-7-17(16-22(21)27-2)6-12-20(25)18-8-10-19(11-9-18)24-14-4-5-23(24)26/h6-13,16H,3-5,14-15H2,1-2H3/b12-6+. The minimum absolute atomic E-state index is 0.0930. The zero-order chi connectivity index (χ0) is 19.9. The molecule has 5 nitrogen and oxygen atoms in total. The van der Waals surface area contributed by atoms with Crippen molar-refractivity contribution >= 4 is 23.5 Å². The van der Waals surface area contributed by atoms with Gasteiger partial charge in [-0.3, -0.25) is 9.59 Å². The van der Waals surface area contributed by atoms with Crippen LogP contribution in [0.15, 0.2) is 48.5 Å². The van der Waals surface area contributed by atoms with Crippen molar-refractivity contribution in [1.82, 2.24) is 0 Å². The lowest BCUT2D eigenvalue weighted by Gasteiger charge is -2.15. The number of ether oxygens (including phenoxy) is 2. The second-order valence-electron chi connectivity index (χ2n) is 6.65. The molecule has 0 aromatic heterocycles. The molecular weight excluding hydrogens is 354 g/mol. The van der Waals surface area contributed by atoms with Crippen molar-refractivity contribution in [1.29, 1.82) is 0 Å². The molecule has 0 radical (unpaired) electrons. The summed E-state index contributed by atoms with van der Waals surface area (Å²) in [5, 5.41) is 0. The summed E-state index contributed by atoms with van der Waals surface area (Å²) in [6.07, 6.45) is 5.69. The van der Waals surface area contributed by atoms with Gasteiger partial charge >= 0.3 is 0 Å². The number of methoxy groups -OCH3 is 1. The minimum Gasteiger partial charge on any atom is -0.493 e. The molecule has 1 amide bonds. The van der Waals surface area contributed by atoms with Crippen LogP contribution < -0.4 is 14.4 Å². The van der Waals surface area contributed by atoms with Crippen molar-refractivity contribution in [3.05, 3.63) is 59.7 Å². The fourth-order valence-corrected chi connectivity index (χ4v) is 3.11. The molecule has 0 bridgehead atoms.